The Hall–Kier alpha value is -0.530. The van der Waals surface area contributed by atoms with Gasteiger partial charge in [-0.3, -0.25) is 4.79 Å². The third kappa shape index (κ3) is 2.23. The molecule has 0 aromatic carbocycles. The van der Waals surface area contributed by atoms with E-state index in [9.17, 15) is 4.79 Å². The Morgan fingerprint density at radius 3 is 1.92 bits per heavy atom. The number of hydrogen-bond donors (Lipinski definition) is 1. The van der Waals surface area contributed by atoms with Crippen molar-refractivity contribution in [1.82, 2.24) is 0 Å². The Morgan fingerprint density at radius 1 is 1.08 bits per heavy atom. The lowest BCUT2D eigenvalue weighted by molar-refractivity contribution is -0.149. The summed E-state index contributed by atoms with van der Waals surface area (Å²) in [4.78, 5) is 10.9. The zero-order valence-corrected chi connectivity index (χ0v) is 7.81. The molecule has 1 N–H and O–H groups in total. The smallest absolute Gasteiger partial charge is 0.309 e. The maximum atomic E-state index is 10.9. The van der Waals surface area contributed by atoms with Crippen molar-refractivity contribution in [1.29, 1.82) is 0 Å². The second kappa shape index (κ2) is 3.92. The van der Waals surface area contributed by atoms with E-state index in [0.29, 0.717) is 0 Å². The third-order valence-corrected chi connectivity index (χ3v) is 2.97. The Balaban J connectivity index is 2.54. The van der Waals surface area contributed by atoms with E-state index in [1.807, 2.05) is 6.92 Å². The predicted octanol–water partition coefficient (Wildman–Crippen LogP) is 2.82. The number of carbonyl (C=O) groups is 1. The molecule has 70 valence electrons. The first-order valence-corrected chi connectivity index (χ1v) is 4.88. The molecule has 1 aliphatic rings. The topological polar surface area (TPSA) is 37.3 Å². The van der Waals surface area contributed by atoms with Crippen LogP contribution in [0.15, 0.2) is 0 Å². The van der Waals surface area contributed by atoms with E-state index in [4.69, 9.17) is 5.11 Å². The minimum absolute atomic E-state index is 0.430. The van der Waals surface area contributed by atoms with Crippen LogP contribution >= 0.6 is 0 Å². The molecular formula is C10H18O2. The maximum absolute atomic E-state index is 10.9. The zero-order chi connectivity index (χ0) is 9.03. The molecule has 1 saturated carbocycles. The van der Waals surface area contributed by atoms with E-state index in [1.165, 1.54) is 19.3 Å². The van der Waals surface area contributed by atoms with Crippen LogP contribution in [0.3, 0.4) is 0 Å². The molecule has 0 radical (unpaired) electrons. The van der Waals surface area contributed by atoms with Crippen LogP contribution in [0.5, 0.6) is 0 Å². The van der Waals surface area contributed by atoms with Crippen molar-refractivity contribution in [2.24, 2.45) is 5.41 Å². The molecule has 1 fully saturated rings. The number of carboxylic acids is 1. The number of hydrogen-bond acceptors (Lipinski definition) is 1. The van der Waals surface area contributed by atoms with E-state index in [1.54, 1.807) is 0 Å². The van der Waals surface area contributed by atoms with Crippen LogP contribution < -0.4 is 0 Å². The molecule has 0 aromatic rings. The van der Waals surface area contributed by atoms with Crippen LogP contribution in [-0.2, 0) is 4.79 Å². The summed E-state index contributed by atoms with van der Waals surface area (Å²) in [5, 5.41) is 9.01. The van der Waals surface area contributed by atoms with Crippen molar-refractivity contribution < 1.29 is 9.90 Å². The fourth-order valence-electron chi connectivity index (χ4n) is 1.90. The van der Waals surface area contributed by atoms with Gasteiger partial charge in [0.25, 0.3) is 0 Å². The Kier molecular flexibility index (Phi) is 3.12. The second-order valence-electron chi connectivity index (χ2n) is 4.13. The largest absolute Gasteiger partial charge is 0.481 e. The summed E-state index contributed by atoms with van der Waals surface area (Å²) in [5.74, 6) is -0.607. The van der Waals surface area contributed by atoms with Crippen molar-refractivity contribution in [3.8, 4) is 0 Å². The van der Waals surface area contributed by atoms with E-state index in [0.717, 1.165) is 25.7 Å². The van der Waals surface area contributed by atoms with Crippen molar-refractivity contribution in [3.05, 3.63) is 0 Å². The molecule has 0 aromatic heterocycles. The molecule has 2 heteroatoms. The Bertz CT molecular complexity index is 155. The second-order valence-corrected chi connectivity index (χ2v) is 4.13. The first-order chi connectivity index (χ1) is 5.65. The van der Waals surface area contributed by atoms with E-state index in [2.05, 4.69) is 0 Å². The summed E-state index contributed by atoms with van der Waals surface area (Å²) < 4.78 is 0. The number of aliphatic carboxylic acids is 1. The van der Waals surface area contributed by atoms with Crippen molar-refractivity contribution in [2.45, 2.75) is 51.9 Å². The highest BCUT2D eigenvalue weighted by atomic mass is 16.4. The molecule has 0 heterocycles. The van der Waals surface area contributed by atoms with Crippen molar-refractivity contribution in [2.75, 3.05) is 0 Å². The quantitative estimate of drug-likeness (QED) is 0.657. The lowest BCUT2D eigenvalue weighted by Crippen LogP contribution is -2.28. The summed E-state index contributed by atoms with van der Waals surface area (Å²) >= 11 is 0. The van der Waals surface area contributed by atoms with Gasteiger partial charge in [-0.25, -0.2) is 0 Å². The standard InChI is InChI=1S/C10H18O2/c1-10(9(11)12)7-5-3-2-4-6-8-10/h2-8H2,1H3,(H,11,12). The highest BCUT2D eigenvalue weighted by Gasteiger charge is 2.32. The first-order valence-electron chi connectivity index (χ1n) is 4.88. The van der Waals surface area contributed by atoms with Crippen LogP contribution in [-0.4, -0.2) is 11.1 Å². The molecule has 0 amide bonds. The molecule has 1 aliphatic carbocycles. The molecule has 0 spiro atoms. The predicted molar refractivity (Wildman–Crippen MR) is 48.1 cm³/mol. The maximum Gasteiger partial charge on any atom is 0.309 e. The Morgan fingerprint density at radius 2 is 1.50 bits per heavy atom. The van der Waals surface area contributed by atoms with Gasteiger partial charge in [-0.15, -0.1) is 0 Å². The molecule has 12 heavy (non-hydrogen) atoms. The van der Waals surface area contributed by atoms with Crippen LogP contribution in [0.2, 0.25) is 0 Å². The molecule has 0 bridgehead atoms. The highest BCUT2D eigenvalue weighted by molar-refractivity contribution is 5.74. The molecule has 0 saturated heterocycles. The van der Waals surface area contributed by atoms with Crippen molar-refractivity contribution in [3.63, 3.8) is 0 Å². The van der Waals surface area contributed by atoms with Gasteiger partial charge in [0.2, 0.25) is 0 Å². The lowest BCUT2D eigenvalue weighted by Gasteiger charge is -2.26. The molecule has 0 unspecified atom stereocenters. The van der Waals surface area contributed by atoms with Gasteiger partial charge < -0.3 is 5.11 Å². The number of carboxylic acid groups (broad SMARTS) is 1. The zero-order valence-electron chi connectivity index (χ0n) is 7.81. The fourth-order valence-corrected chi connectivity index (χ4v) is 1.90. The SMILES string of the molecule is CC1(C(=O)O)CCCCCCC1. The van der Waals surface area contributed by atoms with Gasteiger partial charge in [0.1, 0.15) is 0 Å². The van der Waals surface area contributed by atoms with E-state index >= 15 is 0 Å². The minimum atomic E-state index is -0.607. The van der Waals surface area contributed by atoms with E-state index in [-0.39, 0.29) is 0 Å². The van der Waals surface area contributed by atoms with Gasteiger partial charge in [-0.2, -0.15) is 0 Å². The lowest BCUT2D eigenvalue weighted by atomic mass is 9.78. The van der Waals surface area contributed by atoms with Gasteiger partial charge >= 0.3 is 5.97 Å². The first kappa shape index (κ1) is 9.56. The molecule has 0 aliphatic heterocycles. The van der Waals surface area contributed by atoms with Gasteiger partial charge in [-0.05, 0) is 19.8 Å². The van der Waals surface area contributed by atoms with Crippen LogP contribution in [0.1, 0.15) is 51.9 Å². The average molecular weight is 170 g/mol. The summed E-state index contributed by atoms with van der Waals surface area (Å²) in [6.45, 7) is 1.89. The molecule has 2 nitrogen and oxygen atoms in total. The monoisotopic (exact) mass is 170 g/mol. The van der Waals surface area contributed by atoms with Gasteiger partial charge in [-0.1, -0.05) is 32.1 Å². The highest BCUT2D eigenvalue weighted by Crippen LogP contribution is 2.33. The third-order valence-electron chi connectivity index (χ3n) is 2.97. The summed E-state index contributed by atoms with van der Waals surface area (Å²) in [7, 11) is 0. The van der Waals surface area contributed by atoms with Crippen molar-refractivity contribution >= 4 is 5.97 Å². The summed E-state index contributed by atoms with van der Waals surface area (Å²) in [5.41, 5.74) is -0.430. The van der Waals surface area contributed by atoms with Gasteiger partial charge in [0, 0.05) is 0 Å². The number of rotatable bonds is 1. The normalized spacial score (nSPS) is 24.1. The Labute approximate surface area is 74.0 Å². The van der Waals surface area contributed by atoms with E-state index < -0.39 is 11.4 Å². The van der Waals surface area contributed by atoms with Gasteiger partial charge in [0.05, 0.1) is 5.41 Å². The molecule has 0 atom stereocenters. The fraction of sp³-hybridized carbons (Fsp3) is 0.900. The van der Waals surface area contributed by atoms with Crippen LogP contribution in [0.25, 0.3) is 0 Å². The molecular weight excluding hydrogens is 152 g/mol. The van der Waals surface area contributed by atoms with Crippen LogP contribution in [0.4, 0.5) is 0 Å². The van der Waals surface area contributed by atoms with Crippen LogP contribution in [0, 0.1) is 5.41 Å². The summed E-state index contributed by atoms with van der Waals surface area (Å²) in [6, 6.07) is 0. The minimum Gasteiger partial charge on any atom is -0.481 e. The van der Waals surface area contributed by atoms with Gasteiger partial charge in [0.15, 0.2) is 0 Å². The molecule has 1 rings (SSSR count). The average Bonchev–Trinajstić information content (AvgIpc) is 1.97. The summed E-state index contributed by atoms with van der Waals surface area (Å²) in [6.07, 6.45) is 7.61.